The Kier molecular flexibility index (Phi) is 7.26. The summed E-state index contributed by atoms with van der Waals surface area (Å²) in [6.45, 7) is 3.30. The molecule has 162 valence electrons. The van der Waals surface area contributed by atoms with E-state index in [0.29, 0.717) is 47.7 Å². The van der Waals surface area contributed by atoms with Crippen molar-refractivity contribution in [1.82, 2.24) is 9.21 Å². The average molecular weight is 472 g/mol. The van der Waals surface area contributed by atoms with Gasteiger partial charge in [-0.3, -0.25) is 9.69 Å². The fourth-order valence-electron chi connectivity index (χ4n) is 3.24. The van der Waals surface area contributed by atoms with E-state index in [1.54, 1.807) is 37.3 Å². The van der Waals surface area contributed by atoms with Crippen LogP contribution in [0.4, 0.5) is 5.69 Å². The van der Waals surface area contributed by atoms with E-state index in [2.05, 4.69) is 5.32 Å². The van der Waals surface area contributed by atoms with Crippen LogP contribution in [0, 0.1) is 0 Å². The summed E-state index contributed by atoms with van der Waals surface area (Å²) in [5, 5.41) is 3.73. The Morgan fingerprint density at radius 3 is 2.27 bits per heavy atom. The lowest BCUT2D eigenvalue weighted by Crippen LogP contribution is -2.53. The number of hydrogen-bond donors (Lipinski definition) is 1. The van der Waals surface area contributed by atoms with E-state index in [9.17, 15) is 13.2 Å². The van der Waals surface area contributed by atoms with E-state index in [4.69, 9.17) is 27.9 Å². The predicted octanol–water partition coefficient (Wildman–Crippen LogP) is 3.34. The highest BCUT2D eigenvalue weighted by atomic mass is 35.5. The first-order chi connectivity index (χ1) is 14.2. The van der Waals surface area contributed by atoms with Gasteiger partial charge in [-0.2, -0.15) is 4.31 Å². The number of anilines is 1. The van der Waals surface area contributed by atoms with Crippen LogP contribution in [0.5, 0.6) is 5.75 Å². The first-order valence-electron chi connectivity index (χ1n) is 9.36. The van der Waals surface area contributed by atoms with Crippen molar-refractivity contribution < 1.29 is 17.9 Å². The summed E-state index contributed by atoms with van der Waals surface area (Å²) in [5.74, 6) is 0.339. The van der Waals surface area contributed by atoms with Crippen LogP contribution in [0.2, 0.25) is 10.0 Å². The van der Waals surface area contributed by atoms with E-state index in [-0.39, 0.29) is 10.8 Å². The van der Waals surface area contributed by atoms with Gasteiger partial charge < -0.3 is 10.1 Å². The molecule has 1 fully saturated rings. The van der Waals surface area contributed by atoms with Crippen LogP contribution in [-0.4, -0.2) is 62.9 Å². The van der Waals surface area contributed by atoms with Crippen molar-refractivity contribution in [2.75, 3.05) is 38.6 Å². The second-order valence-electron chi connectivity index (χ2n) is 6.91. The summed E-state index contributed by atoms with van der Waals surface area (Å²) in [5.41, 5.74) is 0.571. The zero-order valence-corrected chi connectivity index (χ0v) is 19.0. The van der Waals surface area contributed by atoms with Crippen LogP contribution in [0.25, 0.3) is 0 Å². The van der Waals surface area contributed by atoms with Crippen LogP contribution in [-0.2, 0) is 14.8 Å². The van der Waals surface area contributed by atoms with Crippen molar-refractivity contribution in [3.05, 3.63) is 52.5 Å². The van der Waals surface area contributed by atoms with E-state index in [1.165, 1.54) is 23.5 Å². The molecule has 0 aliphatic carbocycles. The average Bonchev–Trinajstić information content (AvgIpc) is 2.73. The lowest BCUT2D eigenvalue weighted by Gasteiger charge is -2.36. The first-order valence-corrected chi connectivity index (χ1v) is 11.6. The Hall–Kier alpha value is -1.84. The molecule has 1 amide bonds. The van der Waals surface area contributed by atoms with Crippen molar-refractivity contribution in [3.63, 3.8) is 0 Å². The molecular weight excluding hydrogens is 449 g/mol. The second-order valence-corrected chi connectivity index (χ2v) is 9.69. The van der Waals surface area contributed by atoms with Crippen LogP contribution in [0.1, 0.15) is 6.92 Å². The molecule has 10 heteroatoms. The number of ether oxygens (including phenoxy) is 1. The number of sulfonamides is 1. The maximum atomic E-state index is 12.8. The molecular formula is C20H23Cl2N3O4S. The summed E-state index contributed by atoms with van der Waals surface area (Å²) in [6.07, 6.45) is 0. The number of carbonyl (C=O) groups excluding carboxylic acids is 1. The van der Waals surface area contributed by atoms with Gasteiger partial charge in [-0.05, 0) is 49.4 Å². The number of hydrogen-bond acceptors (Lipinski definition) is 5. The second kappa shape index (κ2) is 9.53. The molecule has 2 aromatic carbocycles. The Labute approximate surface area is 186 Å². The summed E-state index contributed by atoms with van der Waals surface area (Å²) >= 11 is 11.9. The summed E-state index contributed by atoms with van der Waals surface area (Å²) in [7, 11) is -2.07. The number of nitrogens with one attached hydrogen (secondary N) is 1. The molecule has 7 nitrogen and oxygen atoms in total. The largest absolute Gasteiger partial charge is 0.495 e. The quantitative estimate of drug-likeness (QED) is 0.698. The minimum Gasteiger partial charge on any atom is -0.495 e. The SMILES string of the molecule is COc1ccc(NC(=O)C(C)N2CCN(S(=O)(=O)c3ccc(Cl)cc3)CC2)cc1Cl. The Morgan fingerprint density at radius 2 is 1.70 bits per heavy atom. The van der Waals surface area contributed by atoms with E-state index in [1.807, 2.05) is 4.90 Å². The molecule has 0 bridgehead atoms. The maximum Gasteiger partial charge on any atom is 0.243 e. The van der Waals surface area contributed by atoms with E-state index >= 15 is 0 Å². The van der Waals surface area contributed by atoms with Crippen LogP contribution in [0.15, 0.2) is 47.4 Å². The topological polar surface area (TPSA) is 79.0 Å². The van der Waals surface area contributed by atoms with E-state index < -0.39 is 16.1 Å². The smallest absolute Gasteiger partial charge is 0.243 e. The highest BCUT2D eigenvalue weighted by molar-refractivity contribution is 7.89. The van der Waals surface area contributed by atoms with Crippen molar-refractivity contribution in [2.24, 2.45) is 0 Å². The molecule has 0 radical (unpaired) electrons. The molecule has 0 aromatic heterocycles. The molecule has 2 aromatic rings. The minimum absolute atomic E-state index is 0.190. The van der Waals surface area contributed by atoms with Gasteiger partial charge in [0.1, 0.15) is 5.75 Å². The van der Waals surface area contributed by atoms with Gasteiger partial charge in [0, 0.05) is 36.9 Å². The zero-order chi connectivity index (χ0) is 21.9. The molecule has 30 heavy (non-hydrogen) atoms. The third-order valence-corrected chi connectivity index (χ3v) is 7.53. The molecule has 1 N–H and O–H groups in total. The summed E-state index contributed by atoms with van der Waals surface area (Å²) in [4.78, 5) is 14.8. The van der Waals surface area contributed by atoms with Gasteiger partial charge in [0.2, 0.25) is 15.9 Å². The molecule has 1 heterocycles. The molecule has 1 unspecified atom stereocenters. The molecule has 1 saturated heterocycles. The van der Waals surface area contributed by atoms with Crippen molar-refractivity contribution >= 4 is 44.8 Å². The van der Waals surface area contributed by atoms with Crippen molar-refractivity contribution in [3.8, 4) is 5.75 Å². The number of benzene rings is 2. The lowest BCUT2D eigenvalue weighted by molar-refractivity contribution is -0.121. The van der Waals surface area contributed by atoms with Gasteiger partial charge in [0.05, 0.1) is 23.1 Å². The molecule has 3 rings (SSSR count). The highest BCUT2D eigenvalue weighted by Crippen LogP contribution is 2.27. The molecule has 1 aliphatic heterocycles. The third-order valence-electron chi connectivity index (χ3n) is 5.07. The number of nitrogens with zero attached hydrogens (tertiary/aromatic N) is 2. The normalized spacial score (nSPS) is 16.8. The van der Waals surface area contributed by atoms with Gasteiger partial charge in [-0.15, -0.1) is 0 Å². The Balaban J connectivity index is 1.59. The summed E-state index contributed by atoms with van der Waals surface area (Å²) in [6, 6.07) is 10.7. The monoisotopic (exact) mass is 471 g/mol. The van der Waals surface area contributed by atoms with Gasteiger partial charge in [-0.25, -0.2) is 8.42 Å². The van der Waals surface area contributed by atoms with Crippen molar-refractivity contribution in [2.45, 2.75) is 17.9 Å². The van der Waals surface area contributed by atoms with Crippen LogP contribution < -0.4 is 10.1 Å². The van der Waals surface area contributed by atoms with Gasteiger partial charge >= 0.3 is 0 Å². The fourth-order valence-corrected chi connectivity index (χ4v) is 5.05. The molecule has 1 aliphatic rings. The van der Waals surface area contributed by atoms with Crippen molar-refractivity contribution in [1.29, 1.82) is 0 Å². The van der Waals surface area contributed by atoms with Crippen LogP contribution in [0.3, 0.4) is 0 Å². The van der Waals surface area contributed by atoms with Gasteiger partial charge in [0.25, 0.3) is 0 Å². The van der Waals surface area contributed by atoms with Gasteiger partial charge in [-0.1, -0.05) is 23.2 Å². The number of halogens is 2. The molecule has 0 saturated carbocycles. The minimum atomic E-state index is -3.59. The Bertz CT molecular complexity index is 1010. The fraction of sp³-hybridized carbons (Fsp3) is 0.350. The lowest BCUT2D eigenvalue weighted by atomic mass is 10.2. The number of carbonyl (C=O) groups is 1. The number of methoxy groups -OCH3 is 1. The van der Waals surface area contributed by atoms with E-state index in [0.717, 1.165) is 0 Å². The van der Waals surface area contributed by atoms with Crippen LogP contribution >= 0.6 is 23.2 Å². The predicted molar refractivity (Wildman–Crippen MR) is 118 cm³/mol. The number of piperazine rings is 1. The standard InChI is InChI=1S/C20H23Cl2N3O4S/c1-14(20(26)23-16-5-8-19(29-2)18(22)13-16)24-9-11-25(12-10-24)30(27,28)17-6-3-15(21)4-7-17/h3-8,13-14H,9-12H2,1-2H3,(H,23,26). The molecule has 0 spiro atoms. The number of rotatable bonds is 6. The first kappa shape index (κ1) is 22.8. The third kappa shape index (κ3) is 5.07. The zero-order valence-electron chi connectivity index (χ0n) is 16.6. The number of amides is 1. The summed E-state index contributed by atoms with van der Waals surface area (Å²) < 4.78 is 32.1. The highest BCUT2D eigenvalue weighted by Gasteiger charge is 2.31. The Morgan fingerprint density at radius 1 is 1.07 bits per heavy atom. The molecule has 1 atom stereocenters. The maximum absolute atomic E-state index is 12.8. The van der Waals surface area contributed by atoms with Gasteiger partial charge in [0.15, 0.2) is 0 Å².